The highest BCUT2D eigenvalue weighted by Gasteiger charge is 2.12. The second-order valence-corrected chi connectivity index (χ2v) is 6.85. The second-order valence-electron chi connectivity index (χ2n) is 6.44. The van der Waals surface area contributed by atoms with Gasteiger partial charge >= 0.3 is 0 Å². The summed E-state index contributed by atoms with van der Waals surface area (Å²) in [6.07, 6.45) is 0.206. The number of ether oxygens (including phenoxy) is 1. The third-order valence-electron chi connectivity index (χ3n) is 4.43. The highest BCUT2D eigenvalue weighted by molar-refractivity contribution is 6.31. The highest BCUT2D eigenvalue weighted by atomic mass is 35.5. The largest absolute Gasteiger partial charge is 0.495 e. The maximum Gasteiger partial charge on any atom is 0.243 e. The molecule has 0 unspecified atom stereocenters. The van der Waals surface area contributed by atoms with Crippen LogP contribution in [-0.4, -0.2) is 25.5 Å². The van der Waals surface area contributed by atoms with E-state index in [-0.39, 0.29) is 24.8 Å². The lowest BCUT2D eigenvalue weighted by atomic mass is 10.0. The summed E-state index contributed by atoms with van der Waals surface area (Å²) in [7, 11) is 1.50. The number of nitrogens with one attached hydrogen (secondary N) is 2. The fourth-order valence-electron chi connectivity index (χ4n) is 2.99. The zero-order chi connectivity index (χ0) is 20.1. The van der Waals surface area contributed by atoms with Gasteiger partial charge in [0, 0.05) is 11.1 Å². The van der Waals surface area contributed by atoms with Crippen molar-refractivity contribution in [1.29, 1.82) is 0 Å². The van der Waals surface area contributed by atoms with E-state index in [1.54, 1.807) is 12.1 Å². The maximum atomic E-state index is 12.3. The Bertz CT molecular complexity index is 1030. The Kier molecular flexibility index (Phi) is 6.16. The fourth-order valence-corrected chi connectivity index (χ4v) is 3.14. The van der Waals surface area contributed by atoms with E-state index >= 15 is 0 Å². The molecular weight excluding hydrogens is 376 g/mol. The number of halogens is 1. The van der Waals surface area contributed by atoms with Gasteiger partial charge in [-0.3, -0.25) is 9.59 Å². The molecule has 0 saturated heterocycles. The normalized spacial score (nSPS) is 10.5. The average Bonchev–Trinajstić information content (AvgIpc) is 2.69. The van der Waals surface area contributed by atoms with Gasteiger partial charge in [-0.2, -0.15) is 0 Å². The molecule has 0 heterocycles. The van der Waals surface area contributed by atoms with Gasteiger partial charge in [-0.1, -0.05) is 54.1 Å². The Morgan fingerprint density at radius 3 is 2.57 bits per heavy atom. The maximum absolute atomic E-state index is 12.3. The molecule has 3 aromatic rings. The number of carbonyl (C=O) groups is 2. The first-order valence-corrected chi connectivity index (χ1v) is 9.23. The molecule has 0 bridgehead atoms. The van der Waals surface area contributed by atoms with Crippen molar-refractivity contribution >= 4 is 39.9 Å². The number of amides is 2. The number of anilines is 1. The SMILES string of the molecule is COc1cc(Cl)c(C)cc1NC(=O)CNC(=O)Cc1cccc2ccccc12. The highest BCUT2D eigenvalue weighted by Crippen LogP contribution is 2.30. The van der Waals surface area contributed by atoms with E-state index in [0.717, 1.165) is 21.9 Å². The van der Waals surface area contributed by atoms with Crippen molar-refractivity contribution in [1.82, 2.24) is 5.32 Å². The summed E-state index contributed by atoms with van der Waals surface area (Å²) in [5.41, 5.74) is 2.25. The van der Waals surface area contributed by atoms with E-state index < -0.39 is 0 Å². The first-order valence-electron chi connectivity index (χ1n) is 8.85. The van der Waals surface area contributed by atoms with E-state index in [9.17, 15) is 9.59 Å². The van der Waals surface area contributed by atoms with Gasteiger partial charge in [0.15, 0.2) is 0 Å². The van der Waals surface area contributed by atoms with Gasteiger partial charge in [0.2, 0.25) is 11.8 Å². The first-order chi connectivity index (χ1) is 13.5. The topological polar surface area (TPSA) is 67.4 Å². The Labute approximate surface area is 168 Å². The van der Waals surface area contributed by atoms with E-state index in [1.807, 2.05) is 49.4 Å². The smallest absolute Gasteiger partial charge is 0.243 e. The molecule has 144 valence electrons. The molecule has 0 saturated carbocycles. The summed E-state index contributed by atoms with van der Waals surface area (Å²) < 4.78 is 5.24. The van der Waals surface area contributed by atoms with Gasteiger partial charge in [0.25, 0.3) is 0 Å². The van der Waals surface area contributed by atoms with Crippen LogP contribution in [-0.2, 0) is 16.0 Å². The lowest BCUT2D eigenvalue weighted by Crippen LogP contribution is -2.33. The molecule has 0 atom stereocenters. The minimum atomic E-state index is -0.341. The van der Waals surface area contributed by atoms with Crippen LogP contribution in [0.3, 0.4) is 0 Å². The van der Waals surface area contributed by atoms with Gasteiger partial charge < -0.3 is 15.4 Å². The summed E-state index contributed by atoms with van der Waals surface area (Å²) in [6, 6.07) is 17.1. The van der Waals surface area contributed by atoms with E-state index in [1.165, 1.54) is 7.11 Å². The van der Waals surface area contributed by atoms with Gasteiger partial charge in [0.05, 0.1) is 25.8 Å². The first kappa shape index (κ1) is 19.7. The van der Waals surface area contributed by atoms with Crippen LogP contribution in [0.1, 0.15) is 11.1 Å². The minimum absolute atomic E-state index is 0.131. The van der Waals surface area contributed by atoms with Gasteiger partial charge in [-0.25, -0.2) is 0 Å². The van der Waals surface area contributed by atoms with E-state index in [2.05, 4.69) is 10.6 Å². The molecule has 0 fully saturated rings. The van der Waals surface area contributed by atoms with Crippen LogP contribution in [0.4, 0.5) is 5.69 Å². The monoisotopic (exact) mass is 396 g/mol. The van der Waals surface area contributed by atoms with Crippen molar-refractivity contribution in [2.75, 3.05) is 19.0 Å². The molecule has 3 rings (SSSR count). The number of hydrogen-bond donors (Lipinski definition) is 2. The zero-order valence-corrected chi connectivity index (χ0v) is 16.5. The number of hydrogen-bond acceptors (Lipinski definition) is 3. The summed E-state index contributed by atoms with van der Waals surface area (Å²) >= 11 is 6.07. The van der Waals surface area contributed by atoms with Crippen LogP contribution in [0.2, 0.25) is 5.02 Å². The molecule has 0 aliphatic rings. The van der Waals surface area contributed by atoms with E-state index in [0.29, 0.717) is 16.5 Å². The van der Waals surface area contributed by atoms with Crippen molar-refractivity contribution in [2.45, 2.75) is 13.3 Å². The third-order valence-corrected chi connectivity index (χ3v) is 4.84. The van der Waals surface area contributed by atoms with Gasteiger partial charge in [-0.15, -0.1) is 0 Å². The summed E-state index contributed by atoms with van der Waals surface area (Å²) in [6.45, 7) is 1.71. The predicted octanol–water partition coefficient (Wildman–Crippen LogP) is 4.11. The molecule has 0 aromatic heterocycles. The van der Waals surface area contributed by atoms with Crippen LogP contribution in [0.25, 0.3) is 10.8 Å². The Morgan fingerprint density at radius 2 is 1.79 bits per heavy atom. The molecule has 28 heavy (non-hydrogen) atoms. The van der Waals surface area contributed by atoms with Gasteiger partial charge in [0.1, 0.15) is 5.75 Å². The molecular formula is C22H21ClN2O3. The average molecular weight is 397 g/mol. The summed E-state index contributed by atoms with van der Waals surface area (Å²) in [5, 5.41) is 8.07. The molecule has 3 aromatic carbocycles. The molecule has 0 aliphatic carbocycles. The third kappa shape index (κ3) is 4.61. The summed E-state index contributed by atoms with van der Waals surface area (Å²) in [5.74, 6) is -0.0944. The molecule has 5 nitrogen and oxygen atoms in total. The van der Waals surface area contributed by atoms with Crippen molar-refractivity contribution in [3.8, 4) is 5.75 Å². The number of fused-ring (bicyclic) bond motifs is 1. The number of methoxy groups -OCH3 is 1. The Morgan fingerprint density at radius 1 is 1.04 bits per heavy atom. The van der Waals surface area contributed by atoms with Crippen molar-refractivity contribution in [3.63, 3.8) is 0 Å². The van der Waals surface area contributed by atoms with Crippen LogP contribution in [0.5, 0.6) is 5.75 Å². The second kappa shape index (κ2) is 8.76. The Hall–Kier alpha value is -3.05. The molecule has 0 aliphatic heterocycles. The van der Waals surface area contributed by atoms with E-state index in [4.69, 9.17) is 16.3 Å². The fraction of sp³-hybridized carbons (Fsp3) is 0.182. The number of aryl methyl sites for hydroxylation is 1. The minimum Gasteiger partial charge on any atom is -0.495 e. The standard InChI is InChI=1S/C22H21ClN2O3/c1-14-10-19(20(28-2)12-18(14)23)25-22(27)13-24-21(26)11-16-8-5-7-15-6-3-4-9-17(15)16/h3-10,12H,11,13H2,1-2H3,(H,24,26)(H,25,27). The molecule has 6 heteroatoms. The quantitative estimate of drug-likeness (QED) is 0.659. The van der Waals surface area contributed by atoms with Crippen LogP contribution >= 0.6 is 11.6 Å². The molecule has 2 amide bonds. The van der Waals surface area contributed by atoms with Crippen molar-refractivity contribution < 1.29 is 14.3 Å². The lowest BCUT2D eigenvalue weighted by molar-refractivity contribution is -0.123. The van der Waals surface area contributed by atoms with Crippen LogP contribution in [0.15, 0.2) is 54.6 Å². The van der Waals surface area contributed by atoms with Crippen molar-refractivity contribution in [2.24, 2.45) is 0 Å². The molecule has 0 radical (unpaired) electrons. The van der Waals surface area contributed by atoms with Gasteiger partial charge in [-0.05, 0) is 34.9 Å². The Balaban J connectivity index is 1.60. The number of carbonyl (C=O) groups excluding carboxylic acids is 2. The number of rotatable bonds is 6. The molecule has 0 spiro atoms. The number of benzene rings is 3. The van der Waals surface area contributed by atoms with Crippen molar-refractivity contribution in [3.05, 3.63) is 70.7 Å². The van der Waals surface area contributed by atoms with Crippen LogP contribution in [0, 0.1) is 6.92 Å². The predicted molar refractivity (Wildman–Crippen MR) is 112 cm³/mol. The zero-order valence-electron chi connectivity index (χ0n) is 15.7. The van der Waals surface area contributed by atoms with Crippen LogP contribution < -0.4 is 15.4 Å². The summed E-state index contributed by atoms with van der Waals surface area (Å²) in [4.78, 5) is 24.5. The molecule has 2 N–H and O–H groups in total. The lowest BCUT2D eigenvalue weighted by Gasteiger charge is -2.13.